The lowest BCUT2D eigenvalue weighted by Crippen LogP contribution is -2.37. The van der Waals surface area contributed by atoms with Gasteiger partial charge in [0.1, 0.15) is 11.2 Å². The van der Waals surface area contributed by atoms with Crippen LogP contribution in [0.4, 0.5) is 0 Å². The van der Waals surface area contributed by atoms with E-state index in [1.54, 1.807) is 0 Å². The van der Waals surface area contributed by atoms with Gasteiger partial charge in [0, 0.05) is 10.8 Å². The van der Waals surface area contributed by atoms with Gasteiger partial charge in [-0.3, -0.25) is 0 Å². The minimum Gasteiger partial charge on any atom is -0.456 e. The first-order valence-corrected chi connectivity index (χ1v) is 14.6. The highest BCUT2D eigenvalue weighted by Gasteiger charge is 2.20. The van der Waals surface area contributed by atoms with Gasteiger partial charge in [-0.05, 0) is 12.1 Å². The van der Waals surface area contributed by atoms with E-state index in [1.807, 2.05) is 0 Å². The largest absolute Gasteiger partial charge is 0.456 e. The Balaban J connectivity index is 2.24. The van der Waals surface area contributed by atoms with Gasteiger partial charge >= 0.3 is 0 Å². The van der Waals surface area contributed by atoms with Gasteiger partial charge in [0.25, 0.3) is 0 Å². The van der Waals surface area contributed by atoms with Crippen molar-refractivity contribution >= 4 is 48.5 Å². The standard InChI is InChI=1S/C18H24OSi2/c1-20(2,3)13-7-9-15-16-10-8-14(21(4,5)6)12-18(16)19-17(15)11-13/h7-12H,1-6H3. The first kappa shape index (κ1) is 14.6. The maximum Gasteiger partial charge on any atom is 0.135 e. The van der Waals surface area contributed by atoms with Crippen LogP contribution in [0.5, 0.6) is 0 Å². The van der Waals surface area contributed by atoms with Crippen molar-refractivity contribution in [2.24, 2.45) is 0 Å². The Hall–Kier alpha value is -1.33. The van der Waals surface area contributed by atoms with Gasteiger partial charge in [0.15, 0.2) is 0 Å². The van der Waals surface area contributed by atoms with Crippen LogP contribution in [-0.4, -0.2) is 16.1 Å². The summed E-state index contributed by atoms with van der Waals surface area (Å²) in [6.45, 7) is 14.3. The minimum atomic E-state index is -1.29. The molecule has 0 saturated heterocycles. The molecule has 1 nitrogen and oxygen atoms in total. The molecule has 1 heterocycles. The number of fused-ring (bicyclic) bond motifs is 3. The van der Waals surface area contributed by atoms with Gasteiger partial charge in [0.05, 0.1) is 16.1 Å². The third-order valence-electron chi connectivity index (χ3n) is 4.21. The van der Waals surface area contributed by atoms with Crippen molar-refractivity contribution in [2.75, 3.05) is 0 Å². The zero-order valence-electron chi connectivity index (χ0n) is 13.9. The highest BCUT2D eigenvalue weighted by molar-refractivity contribution is 6.89. The normalized spacial score (nSPS) is 13.2. The average Bonchev–Trinajstić information content (AvgIpc) is 2.73. The molecule has 3 heteroatoms. The summed E-state index contributed by atoms with van der Waals surface area (Å²) in [4.78, 5) is 0. The molecule has 0 N–H and O–H groups in total. The quantitative estimate of drug-likeness (QED) is 0.626. The minimum absolute atomic E-state index is 1.04. The second kappa shape index (κ2) is 4.58. The van der Waals surface area contributed by atoms with Gasteiger partial charge in [-0.15, -0.1) is 0 Å². The van der Waals surface area contributed by atoms with E-state index in [4.69, 9.17) is 4.42 Å². The van der Waals surface area contributed by atoms with Crippen molar-refractivity contribution in [3.05, 3.63) is 36.4 Å². The topological polar surface area (TPSA) is 13.1 Å². The fraction of sp³-hybridized carbons (Fsp3) is 0.333. The van der Waals surface area contributed by atoms with Crippen LogP contribution in [0.1, 0.15) is 0 Å². The van der Waals surface area contributed by atoms with E-state index >= 15 is 0 Å². The molecule has 0 aliphatic rings. The van der Waals surface area contributed by atoms with Crippen LogP contribution >= 0.6 is 0 Å². The number of hydrogen-bond donors (Lipinski definition) is 0. The summed E-state index contributed by atoms with van der Waals surface area (Å²) in [5.74, 6) is 0. The molecule has 110 valence electrons. The summed E-state index contributed by atoms with van der Waals surface area (Å²) in [6.07, 6.45) is 0. The van der Waals surface area contributed by atoms with Crippen LogP contribution < -0.4 is 10.4 Å². The fourth-order valence-corrected chi connectivity index (χ4v) is 5.00. The Kier molecular flexibility index (Phi) is 3.19. The van der Waals surface area contributed by atoms with Gasteiger partial charge in [-0.1, -0.05) is 73.9 Å². The monoisotopic (exact) mass is 312 g/mol. The smallest absolute Gasteiger partial charge is 0.135 e. The van der Waals surface area contributed by atoms with Crippen LogP contribution in [-0.2, 0) is 0 Å². The van der Waals surface area contributed by atoms with Crippen LogP contribution in [0.15, 0.2) is 40.8 Å². The summed E-state index contributed by atoms with van der Waals surface area (Å²) in [5.41, 5.74) is 2.08. The van der Waals surface area contributed by atoms with E-state index in [9.17, 15) is 0 Å². The molecule has 0 atom stereocenters. The predicted molar refractivity (Wildman–Crippen MR) is 99.7 cm³/mol. The maximum atomic E-state index is 6.17. The molecule has 2 aromatic carbocycles. The Bertz CT molecular complexity index is 748. The maximum absolute atomic E-state index is 6.17. The molecule has 0 fully saturated rings. The molecule has 3 aromatic rings. The lowest BCUT2D eigenvalue weighted by molar-refractivity contribution is 0.669. The third-order valence-corrected chi connectivity index (χ3v) is 8.29. The van der Waals surface area contributed by atoms with Crippen molar-refractivity contribution in [1.82, 2.24) is 0 Å². The van der Waals surface area contributed by atoms with Crippen molar-refractivity contribution < 1.29 is 4.42 Å². The molecule has 0 aliphatic heterocycles. The zero-order chi connectivity index (χ0) is 15.4. The van der Waals surface area contributed by atoms with Crippen molar-refractivity contribution in [1.29, 1.82) is 0 Å². The first-order valence-electron chi connectivity index (χ1n) is 7.63. The molecule has 3 rings (SSSR count). The number of hydrogen-bond acceptors (Lipinski definition) is 1. The van der Waals surface area contributed by atoms with Crippen LogP contribution in [0.2, 0.25) is 39.3 Å². The van der Waals surface area contributed by atoms with Gasteiger partial charge in [-0.2, -0.15) is 0 Å². The molecule has 0 bridgehead atoms. The van der Waals surface area contributed by atoms with E-state index in [2.05, 4.69) is 75.7 Å². The summed E-state index contributed by atoms with van der Waals surface area (Å²) in [7, 11) is -2.59. The van der Waals surface area contributed by atoms with E-state index in [-0.39, 0.29) is 0 Å². The second-order valence-corrected chi connectivity index (χ2v) is 18.2. The molecule has 0 aliphatic carbocycles. The molecular weight excluding hydrogens is 288 g/mol. The van der Waals surface area contributed by atoms with Crippen molar-refractivity contribution in [3.8, 4) is 0 Å². The highest BCUT2D eigenvalue weighted by atomic mass is 28.3. The van der Waals surface area contributed by atoms with Gasteiger partial charge in [0.2, 0.25) is 0 Å². The fourth-order valence-electron chi connectivity index (χ4n) is 2.71. The van der Waals surface area contributed by atoms with Crippen LogP contribution in [0.3, 0.4) is 0 Å². The summed E-state index contributed by atoms with van der Waals surface area (Å²) < 4.78 is 6.17. The molecule has 0 radical (unpaired) electrons. The van der Waals surface area contributed by atoms with E-state index < -0.39 is 16.1 Å². The van der Waals surface area contributed by atoms with Crippen molar-refractivity contribution in [2.45, 2.75) is 39.3 Å². The Labute approximate surface area is 129 Å². The summed E-state index contributed by atoms with van der Waals surface area (Å²) in [6, 6.07) is 13.6. The first-order chi connectivity index (χ1) is 9.66. The van der Waals surface area contributed by atoms with Crippen molar-refractivity contribution in [3.63, 3.8) is 0 Å². The number of rotatable bonds is 2. The Morgan fingerprint density at radius 3 is 1.33 bits per heavy atom. The lowest BCUT2D eigenvalue weighted by atomic mass is 10.1. The predicted octanol–water partition coefficient (Wildman–Crippen LogP) is 4.68. The van der Waals surface area contributed by atoms with E-state index in [1.165, 1.54) is 21.1 Å². The molecule has 21 heavy (non-hydrogen) atoms. The number of furan rings is 1. The highest BCUT2D eigenvalue weighted by Crippen LogP contribution is 2.28. The van der Waals surface area contributed by atoms with Gasteiger partial charge in [-0.25, -0.2) is 0 Å². The average molecular weight is 313 g/mol. The molecule has 0 spiro atoms. The second-order valence-electron chi connectivity index (χ2n) is 8.02. The van der Waals surface area contributed by atoms with E-state index in [0.717, 1.165) is 11.2 Å². The Morgan fingerprint density at radius 2 is 1.00 bits per heavy atom. The van der Waals surface area contributed by atoms with Gasteiger partial charge < -0.3 is 4.42 Å². The lowest BCUT2D eigenvalue weighted by Gasteiger charge is -2.16. The summed E-state index contributed by atoms with van der Waals surface area (Å²) in [5, 5.41) is 5.40. The third kappa shape index (κ3) is 2.60. The molecule has 0 amide bonds. The van der Waals surface area contributed by atoms with E-state index in [0.29, 0.717) is 0 Å². The van der Waals surface area contributed by atoms with Crippen LogP contribution in [0, 0.1) is 0 Å². The Morgan fingerprint density at radius 1 is 0.619 bits per heavy atom. The molecule has 0 unspecified atom stereocenters. The SMILES string of the molecule is C[Si](C)(C)c1ccc2c(c1)oc1cc([Si](C)(C)C)ccc12. The van der Waals surface area contributed by atoms with Crippen LogP contribution in [0.25, 0.3) is 21.9 Å². The molecular formula is C18H24OSi2. The molecule has 1 aromatic heterocycles. The zero-order valence-corrected chi connectivity index (χ0v) is 15.9. The molecule has 0 saturated carbocycles. The summed E-state index contributed by atoms with van der Waals surface area (Å²) >= 11 is 0. The number of benzene rings is 2.